The van der Waals surface area contributed by atoms with Crippen molar-refractivity contribution in [2.45, 2.75) is 6.54 Å². The number of aromatic nitrogens is 1. The molecule has 1 N–H and O–H groups in total. The minimum atomic E-state index is -0.685. The fourth-order valence-corrected chi connectivity index (χ4v) is 2.68. The van der Waals surface area contributed by atoms with Crippen molar-refractivity contribution >= 4 is 17.5 Å². The second-order valence-corrected chi connectivity index (χ2v) is 5.70. The van der Waals surface area contributed by atoms with Crippen LogP contribution in [0.1, 0.15) is 15.9 Å². The third-order valence-electron chi connectivity index (χ3n) is 3.64. The van der Waals surface area contributed by atoms with Crippen molar-refractivity contribution in [3.8, 4) is 11.3 Å². The first-order valence-electron chi connectivity index (χ1n) is 7.48. The van der Waals surface area contributed by atoms with Crippen LogP contribution >= 0.6 is 11.6 Å². The van der Waals surface area contributed by atoms with E-state index in [2.05, 4.69) is 10.3 Å². The van der Waals surface area contributed by atoms with Crippen LogP contribution < -0.4 is 5.32 Å². The molecule has 0 saturated carbocycles. The number of nitrogens with zero attached hydrogens (tertiary/aromatic N) is 1. The molecular formula is C19H13ClF2N2O. The lowest BCUT2D eigenvalue weighted by atomic mass is 10.1. The van der Waals surface area contributed by atoms with Crippen molar-refractivity contribution in [1.29, 1.82) is 0 Å². The zero-order chi connectivity index (χ0) is 17.8. The Balaban J connectivity index is 1.82. The lowest BCUT2D eigenvalue weighted by molar-refractivity contribution is 0.0947. The first-order chi connectivity index (χ1) is 12.1. The number of carbonyl (C=O) groups excluding carboxylic acids is 1. The van der Waals surface area contributed by atoms with Gasteiger partial charge in [0.1, 0.15) is 11.6 Å². The molecule has 0 aliphatic carbocycles. The predicted octanol–water partition coefficient (Wildman–Crippen LogP) is 4.61. The Bertz CT molecular complexity index is 893. The van der Waals surface area contributed by atoms with Crippen LogP contribution in [-0.2, 0) is 6.54 Å². The lowest BCUT2D eigenvalue weighted by Gasteiger charge is -2.11. The van der Waals surface area contributed by atoms with Crippen molar-refractivity contribution in [2.24, 2.45) is 0 Å². The van der Waals surface area contributed by atoms with Crippen molar-refractivity contribution in [3.63, 3.8) is 0 Å². The molecule has 0 spiro atoms. The maximum atomic E-state index is 13.8. The van der Waals surface area contributed by atoms with Crippen molar-refractivity contribution in [1.82, 2.24) is 10.3 Å². The Morgan fingerprint density at radius 1 is 1.04 bits per heavy atom. The minimum Gasteiger partial charge on any atom is -0.348 e. The monoisotopic (exact) mass is 358 g/mol. The molecule has 0 aliphatic heterocycles. The van der Waals surface area contributed by atoms with E-state index in [-0.39, 0.29) is 22.9 Å². The Labute approximate surface area is 148 Å². The van der Waals surface area contributed by atoms with Gasteiger partial charge in [-0.15, -0.1) is 0 Å². The van der Waals surface area contributed by atoms with E-state index in [4.69, 9.17) is 11.6 Å². The third-order valence-corrected chi connectivity index (χ3v) is 3.95. The molecule has 0 saturated heterocycles. The minimum absolute atomic E-state index is 0.0439. The van der Waals surface area contributed by atoms with Gasteiger partial charge < -0.3 is 5.32 Å². The number of halogens is 3. The zero-order valence-electron chi connectivity index (χ0n) is 13.0. The molecule has 3 aromatic rings. The molecule has 0 radical (unpaired) electrons. The number of pyridine rings is 1. The molecule has 0 bridgehead atoms. The molecule has 1 heterocycles. The topological polar surface area (TPSA) is 42.0 Å². The van der Waals surface area contributed by atoms with Gasteiger partial charge in [-0.3, -0.25) is 9.78 Å². The van der Waals surface area contributed by atoms with Crippen LogP contribution in [0, 0.1) is 11.6 Å². The van der Waals surface area contributed by atoms with Crippen molar-refractivity contribution < 1.29 is 13.6 Å². The summed E-state index contributed by atoms with van der Waals surface area (Å²) in [4.78, 5) is 16.5. The molecule has 0 fully saturated rings. The van der Waals surface area contributed by atoms with Crippen LogP contribution in [0.25, 0.3) is 11.3 Å². The average Bonchev–Trinajstić information content (AvgIpc) is 2.61. The molecule has 1 amide bonds. The van der Waals surface area contributed by atoms with Gasteiger partial charge in [-0.1, -0.05) is 23.7 Å². The maximum absolute atomic E-state index is 13.8. The van der Waals surface area contributed by atoms with Gasteiger partial charge in [-0.2, -0.15) is 0 Å². The van der Waals surface area contributed by atoms with Gasteiger partial charge in [-0.05, 0) is 48.0 Å². The molecule has 6 heteroatoms. The summed E-state index contributed by atoms with van der Waals surface area (Å²) >= 11 is 5.90. The van der Waals surface area contributed by atoms with Gasteiger partial charge in [0.2, 0.25) is 0 Å². The quantitative estimate of drug-likeness (QED) is 0.740. The molecule has 3 nitrogen and oxygen atoms in total. The summed E-state index contributed by atoms with van der Waals surface area (Å²) in [5, 5.41) is 2.68. The van der Waals surface area contributed by atoms with E-state index in [1.54, 1.807) is 30.5 Å². The second kappa shape index (κ2) is 7.40. The first kappa shape index (κ1) is 17.0. The predicted molar refractivity (Wildman–Crippen MR) is 92.2 cm³/mol. The molecular weight excluding hydrogens is 346 g/mol. The lowest BCUT2D eigenvalue weighted by Crippen LogP contribution is -2.24. The Morgan fingerprint density at radius 3 is 2.52 bits per heavy atom. The highest BCUT2D eigenvalue weighted by molar-refractivity contribution is 6.33. The largest absolute Gasteiger partial charge is 0.348 e. The molecule has 2 aromatic carbocycles. The highest BCUT2D eigenvalue weighted by Gasteiger charge is 2.16. The number of nitrogens with one attached hydrogen (secondary N) is 1. The SMILES string of the molecule is O=C(NCc1cccnc1-c1ccc(F)cc1)c1c(F)cccc1Cl. The standard InChI is InChI=1S/C19H13ClF2N2O/c20-15-4-1-5-16(22)17(15)19(25)24-11-13-3-2-10-23-18(13)12-6-8-14(21)9-7-12/h1-10H,11H2,(H,24,25). The van der Waals surface area contributed by atoms with Gasteiger partial charge >= 0.3 is 0 Å². The highest BCUT2D eigenvalue weighted by atomic mass is 35.5. The van der Waals surface area contributed by atoms with Gasteiger partial charge in [0.25, 0.3) is 5.91 Å². The zero-order valence-corrected chi connectivity index (χ0v) is 13.7. The second-order valence-electron chi connectivity index (χ2n) is 5.30. The molecule has 0 atom stereocenters. The van der Waals surface area contributed by atoms with Gasteiger partial charge in [0.15, 0.2) is 0 Å². The molecule has 0 aliphatic rings. The van der Waals surface area contributed by atoms with Crippen LogP contribution in [0.5, 0.6) is 0 Å². The Morgan fingerprint density at radius 2 is 1.80 bits per heavy atom. The van der Waals surface area contributed by atoms with Crippen LogP contribution in [0.15, 0.2) is 60.8 Å². The van der Waals surface area contributed by atoms with Gasteiger partial charge in [0.05, 0.1) is 16.3 Å². The van der Waals surface area contributed by atoms with Crippen molar-refractivity contribution in [3.05, 3.63) is 88.6 Å². The summed E-state index contributed by atoms with van der Waals surface area (Å²) in [7, 11) is 0. The van der Waals surface area contributed by atoms with E-state index < -0.39 is 11.7 Å². The summed E-state index contributed by atoms with van der Waals surface area (Å²) in [5.41, 5.74) is 1.85. The van der Waals surface area contributed by atoms with E-state index in [1.807, 2.05) is 0 Å². The van der Waals surface area contributed by atoms with E-state index in [9.17, 15) is 13.6 Å². The van der Waals surface area contributed by atoms with Gasteiger partial charge in [-0.25, -0.2) is 8.78 Å². The fourth-order valence-electron chi connectivity index (χ4n) is 2.43. The van der Waals surface area contributed by atoms with Crippen LogP contribution in [-0.4, -0.2) is 10.9 Å². The Hall–Kier alpha value is -2.79. The van der Waals surface area contributed by atoms with Crippen LogP contribution in [0.3, 0.4) is 0 Å². The summed E-state index contributed by atoms with van der Waals surface area (Å²) in [6, 6.07) is 13.5. The highest BCUT2D eigenvalue weighted by Crippen LogP contribution is 2.22. The molecule has 0 unspecified atom stereocenters. The molecule has 3 rings (SSSR count). The van der Waals surface area contributed by atoms with Crippen LogP contribution in [0.2, 0.25) is 5.02 Å². The smallest absolute Gasteiger partial charge is 0.256 e. The van der Waals surface area contributed by atoms with E-state index in [0.29, 0.717) is 5.69 Å². The Kier molecular flexibility index (Phi) is 5.05. The molecule has 25 heavy (non-hydrogen) atoms. The number of rotatable bonds is 4. The first-order valence-corrected chi connectivity index (χ1v) is 7.86. The summed E-state index contributed by atoms with van der Waals surface area (Å²) in [6.07, 6.45) is 1.61. The third kappa shape index (κ3) is 3.83. The number of benzene rings is 2. The van der Waals surface area contributed by atoms with E-state index in [1.165, 1.54) is 30.3 Å². The normalized spacial score (nSPS) is 10.5. The number of hydrogen-bond donors (Lipinski definition) is 1. The number of carbonyl (C=O) groups is 1. The number of amides is 1. The summed E-state index contributed by atoms with van der Waals surface area (Å²) < 4.78 is 26.9. The van der Waals surface area contributed by atoms with Gasteiger partial charge in [0, 0.05) is 18.3 Å². The average molecular weight is 359 g/mol. The molecule has 1 aromatic heterocycles. The van der Waals surface area contributed by atoms with Crippen molar-refractivity contribution in [2.75, 3.05) is 0 Å². The number of hydrogen-bond acceptors (Lipinski definition) is 2. The molecule has 126 valence electrons. The summed E-state index contributed by atoms with van der Waals surface area (Å²) in [5.74, 6) is -1.64. The summed E-state index contributed by atoms with van der Waals surface area (Å²) in [6.45, 7) is 0.129. The fraction of sp³-hybridized carbons (Fsp3) is 0.0526. The van der Waals surface area contributed by atoms with E-state index in [0.717, 1.165) is 11.1 Å². The van der Waals surface area contributed by atoms with Crippen LogP contribution in [0.4, 0.5) is 8.78 Å². The van der Waals surface area contributed by atoms with E-state index >= 15 is 0 Å². The maximum Gasteiger partial charge on any atom is 0.256 e.